The summed E-state index contributed by atoms with van der Waals surface area (Å²) in [7, 11) is 0. The van der Waals surface area contributed by atoms with Crippen LogP contribution in [-0.2, 0) is 119 Å². The number of aliphatic hydroxyl groups excluding tert-OH is 27. The predicted octanol–water partition coefficient (Wildman–Crippen LogP) is -20.6. The van der Waals surface area contributed by atoms with Crippen LogP contribution in [-0.4, -0.2) is 540 Å². The second-order valence-electron chi connectivity index (χ2n) is 33.0. The highest BCUT2D eigenvalue weighted by Gasteiger charge is 2.62. The average molecular weight is 1890 g/mol. The Labute approximate surface area is 732 Å². The number of nitrogens with one attached hydrogen (secondary N) is 4. The zero-order chi connectivity index (χ0) is 95.1. The van der Waals surface area contributed by atoms with Crippen LogP contribution in [0.1, 0.15) is 48.0 Å². The molecule has 10 heterocycles. The predicted molar refractivity (Wildman–Crippen MR) is 399 cm³/mol. The van der Waals surface area contributed by atoms with Gasteiger partial charge in [-0.1, -0.05) is 6.92 Å². The molecule has 10 fully saturated rings. The van der Waals surface area contributed by atoms with Crippen molar-refractivity contribution in [2.24, 2.45) is 5.92 Å². The Kier molecular flexibility index (Phi) is 38.5. The van der Waals surface area contributed by atoms with E-state index in [-0.39, 0.29) is 6.47 Å². The maximum absolute atomic E-state index is 13.2. The van der Waals surface area contributed by atoms with E-state index in [9.17, 15) is 162 Å². The van der Waals surface area contributed by atoms with Crippen molar-refractivity contribution >= 4 is 30.1 Å². The van der Waals surface area contributed by atoms with E-state index in [1.165, 1.54) is 13.8 Å². The zero-order valence-corrected chi connectivity index (χ0v) is 70.0. The van der Waals surface area contributed by atoms with E-state index in [4.69, 9.17) is 94.7 Å². The van der Waals surface area contributed by atoms with Crippen molar-refractivity contribution < 1.29 is 257 Å². The number of carbonyl (C=O) groups is 5. The minimum Gasteiger partial charge on any atom is -0.410 e. The van der Waals surface area contributed by atoms with Crippen molar-refractivity contribution in [3.63, 3.8) is 0 Å². The lowest BCUT2D eigenvalue weighted by atomic mass is 9.87. The van der Waals surface area contributed by atoms with Crippen molar-refractivity contribution in [1.29, 1.82) is 0 Å². The number of rotatable bonds is 36. The number of ether oxygens (including phenoxy) is 20. The lowest BCUT2D eigenvalue weighted by molar-refractivity contribution is -0.424. The fourth-order valence-corrected chi connectivity index (χ4v) is 16.9. The van der Waals surface area contributed by atoms with Crippen molar-refractivity contribution in [3.8, 4) is 0 Å². The summed E-state index contributed by atoms with van der Waals surface area (Å²) in [6.45, 7) is -4.53. The summed E-state index contributed by atoms with van der Waals surface area (Å²) >= 11 is 0. The van der Waals surface area contributed by atoms with Gasteiger partial charge in [-0.2, -0.15) is 0 Å². The summed E-state index contributed by atoms with van der Waals surface area (Å²) < 4.78 is 119. The van der Waals surface area contributed by atoms with Crippen LogP contribution in [0.5, 0.6) is 0 Å². The van der Waals surface area contributed by atoms with E-state index in [2.05, 4.69) is 21.3 Å². The van der Waals surface area contributed by atoms with Gasteiger partial charge in [-0.15, -0.1) is 0 Å². The molecule has 0 bridgehead atoms. The van der Waals surface area contributed by atoms with Gasteiger partial charge in [0.1, 0.15) is 226 Å². The van der Waals surface area contributed by atoms with Crippen molar-refractivity contribution in [3.05, 3.63) is 0 Å². The zero-order valence-electron chi connectivity index (χ0n) is 70.0. The van der Waals surface area contributed by atoms with Gasteiger partial charge < -0.3 is 254 Å². The summed E-state index contributed by atoms with van der Waals surface area (Å²) in [6.07, 6.45) is -94.0. The first kappa shape index (κ1) is 107. The number of amides is 4. The summed E-state index contributed by atoms with van der Waals surface area (Å²) in [6, 6.07) is -7.14. The van der Waals surface area contributed by atoms with Gasteiger partial charge in [-0.05, 0) is 6.92 Å². The Morgan fingerprint density at radius 2 is 0.667 bits per heavy atom. The molecule has 0 aromatic heterocycles. The van der Waals surface area contributed by atoms with Crippen LogP contribution >= 0.6 is 0 Å². The van der Waals surface area contributed by atoms with E-state index in [0.29, 0.717) is 0 Å². The minimum absolute atomic E-state index is 0.197. The lowest BCUT2D eigenvalue weighted by Gasteiger charge is -2.51. The van der Waals surface area contributed by atoms with Crippen LogP contribution in [0.3, 0.4) is 0 Å². The third kappa shape index (κ3) is 23.9. The summed E-state index contributed by atoms with van der Waals surface area (Å²) in [5, 5.41) is 313. The van der Waals surface area contributed by atoms with Crippen LogP contribution in [0.4, 0.5) is 0 Å². The Hall–Kier alpha value is -4.49. The molecule has 0 spiro atoms. The molecule has 10 rings (SSSR count). The Morgan fingerprint density at radius 3 is 1.07 bits per heavy atom. The maximum Gasteiger partial charge on any atom is 0.332 e. The molecular formula is C73H122N4O52. The second-order valence-corrected chi connectivity index (χ2v) is 33.0. The second kappa shape index (κ2) is 46.6. The smallest absolute Gasteiger partial charge is 0.332 e. The van der Waals surface area contributed by atoms with Crippen LogP contribution < -0.4 is 21.3 Å². The highest BCUT2D eigenvalue weighted by Crippen LogP contribution is 2.43. The largest absolute Gasteiger partial charge is 0.410 e. The van der Waals surface area contributed by atoms with Gasteiger partial charge in [-0.3, -0.25) is 24.0 Å². The first-order valence-corrected chi connectivity index (χ1v) is 41.4. The van der Waals surface area contributed by atoms with E-state index >= 15 is 0 Å². The van der Waals surface area contributed by atoms with Gasteiger partial charge in [0.05, 0.1) is 96.8 Å². The molecule has 0 aliphatic carbocycles. The molecule has 746 valence electrons. The van der Waals surface area contributed by atoms with Crippen molar-refractivity contribution in [1.82, 2.24) is 21.3 Å². The minimum atomic E-state index is -2.67. The van der Waals surface area contributed by atoms with Gasteiger partial charge in [-0.25, -0.2) is 0 Å². The standard InChI is InChI=1S/C73H122N4O52/c1-19-25(91)7-73(112-18-86,129-57(19)40(93)26(92)8-78)111-17-35-44(97)51(104)55(108)69(121-35)124-60-32(14-84)119-67(39(49(60)102)77-24(6)90)128-64-53(106)43(96)29(11-81)116-72(64)126-62-45(98)34(120-70(56(62)109)125-61-33(15-85)117-65(37(47(61)100)75-22(4)88)122-58-30(12-82)113-20(2)36(46(58)99)74-21(3)87)16-110-71-63(52(105)42(95)28(10-80)115-71)127-66-38(76-23(5)89)48(101)59(31(13-83)118-66)123-68-54(107)50(103)41(94)27(9-79)114-68/h18-20,25-72,78-85,91-109H,7-17H2,1-6H3,(H,74,87)(H,75,88)(H,76,89)(H,77,90)/t19-,20+,25-,26?,27?,28?,29?,30?,31+,32?,33?,34?,35?,36?,37?,38?,39?,40?,41+,42-,43-,44+,45-,46-,47-,48?,49-,50+,51+,52+,53?,54?,55?,56?,57?,58-,59-,60-,61-,62+,63?,64?,65+,66+,67+,68+,69+,70+,71+,72-,73+/m1/s1. The molecule has 0 aromatic carbocycles. The Bertz CT molecular complexity index is 3520. The Morgan fingerprint density at radius 1 is 0.349 bits per heavy atom. The molecule has 10 aliphatic heterocycles. The maximum atomic E-state index is 13.2. The first-order valence-electron chi connectivity index (χ1n) is 41.4. The highest BCUT2D eigenvalue weighted by atomic mass is 16.9. The molecule has 31 N–H and O–H groups in total. The van der Waals surface area contributed by atoms with Crippen LogP contribution in [0.25, 0.3) is 0 Å². The fraction of sp³-hybridized carbons (Fsp3) is 0.932. The fourth-order valence-electron chi connectivity index (χ4n) is 16.9. The van der Waals surface area contributed by atoms with E-state index < -0.39 is 408 Å². The molecule has 10 aliphatic rings. The number of carbonyl (C=O) groups excluding carboxylic acids is 5. The molecule has 51 atom stereocenters. The molecule has 0 radical (unpaired) electrons. The van der Waals surface area contributed by atoms with Gasteiger partial charge in [0.15, 0.2) is 50.3 Å². The topological polar surface area (TPSA) is 864 Å². The monoisotopic (exact) mass is 1890 g/mol. The molecule has 56 heteroatoms. The molecule has 0 aromatic rings. The van der Waals surface area contributed by atoms with E-state index in [1.807, 2.05) is 0 Å². The normalized spacial score (nSPS) is 48.1. The Balaban J connectivity index is 0.960. The molecule has 129 heavy (non-hydrogen) atoms. The van der Waals surface area contributed by atoms with Crippen LogP contribution in [0.2, 0.25) is 0 Å². The van der Waals surface area contributed by atoms with E-state index in [0.717, 1.165) is 27.7 Å². The number of hydrogen-bond donors (Lipinski definition) is 31. The van der Waals surface area contributed by atoms with Crippen molar-refractivity contribution in [2.75, 3.05) is 66.1 Å². The van der Waals surface area contributed by atoms with Crippen LogP contribution in [0, 0.1) is 5.92 Å². The van der Waals surface area contributed by atoms with Gasteiger partial charge in [0.25, 0.3) is 6.47 Å². The van der Waals surface area contributed by atoms with Gasteiger partial charge in [0, 0.05) is 33.6 Å². The third-order valence-electron chi connectivity index (χ3n) is 24.0. The van der Waals surface area contributed by atoms with Gasteiger partial charge >= 0.3 is 5.97 Å². The number of hydrogen-bond acceptors (Lipinski definition) is 52. The summed E-state index contributed by atoms with van der Waals surface area (Å²) in [4.78, 5) is 63.5. The molecule has 56 nitrogen and oxygen atoms in total. The van der Waals surface area contributed by atoms with Crippen LogP contribution in [0.15, 0.2) is 0 Å². The molecule has 10 saturated heterocycles. The third-order valence-corrected chi connectivity index (χ3v) is 24.0. The molecule has 22 unspecified atom stereocenters. The number of aliphatic hydroxyl groups is 27. The molecular weight excluding hydrogens is 1760 g/mol. The quantitative estimate of drug-likeness (QED) is 0.0205. The lowest BCUT2D eigenvalue weighted by Crippen LogP contribution is -2.71. The summed E-state index contributed by atoms with van der Waals surface area (Å²) in [5.74, 6) is -7.27. The molecule has 4 amide bonds. The highest BCUT2D eigenvalue weighted by molar-refractivity contribution is 5.74. The average Bonchev–Trinajstić information content (AvgIpc) is 0.771. The first-order chi connectivity index (χ1) is 61.0. The van der Waals surface area contributed by atoms with Crippen molar-refractivity contribution in [2.45, 2.75) is 354 Å². The van der Waals surface area contributed by atoms with E-state index in [1.54, 1.807) is 0 Å². The summed E-state index contributed by atoms with van der Waals surface area (Å²) in [5.41, 5.74) is 0. The SMILES string of the molecule is CC(=O)NC1C(O)[C@H](O[C@@H]2OC(CO)[C@H](O)[C@H](O)C2O)[C@H](CO)O[C@H]1OC1[C@@H](OCC2O[C@@H](O[C@@H]3C(CO)O[C@@H](O[C@@H]4C(CO)O[C@@H](C)C(NC(C)=O)[C@H]4O)C(NC(C)=O)[C@H]3O)C(O)[C@@H](O[C@H]3OC(CO)[C@@H](O)C(O)C3O[C@@H]3OC(CO)[C@@H](O[C@@H]4OC(CO[C@]5(OC=O)C[C@@H](O)[C@@H](C)C(C(O)C(O)CO)O5)[C@H](O)[C@H](O)C4O)[C@H](O)C3NC(C)=O)[C@@H]2O)OC(CO)[C@@H](O)[C@@H]1O. The van der Waals surface area contributed by atoms with Gasteiger partial charge in [0.2, 0.25) is 23.6 Å². The molecule has 0 saturated carbocycles.